The number of pyridine rings is 1. The summed E-state index contributed by atoms with van der Waals surface area (Å²) in [5.41, 5.74) is 0. The van der Waals surface area contributed by atoms with E-state index >= 15 is 0 Å². The van der Waals surface area contributed by atoms with Crippen LogP contribution in [0, 0.1) is 11.7 Å². The first kappa shape index (κ1) is 10.7. The van der Waals surface area contributed by atoms with Gasteiger partial charge < -0.3 is 5.32 Å². The molecule has 1 unspecified atom stereocenters. The number of alkyl halides is 1. The molecule has 2 rings (SSSR count). The summed E-state index contributed by atoms with van der Waals surface area (Å²) < 4.78 is 13.2. The molecule has 1 saturated carbocycles. The van der Waals surface area contributed by atoms with Gasteiger partial charge in [0, 0.05) is 12.7 Å². The van der Waals surface area contributed by atoms with Crippen molar-refractivity contribution in [3.8, 4) is 0 Å². The molecular formula is C11H14ClFN2. The number of nitrogens with one attached hydrogen (secondary N) is 1. The highest BCUT2D eigenvalue weighted by Crippen LogP contribution is 2.32. The summed E-state index contributed by atoms with van der Waals surface area (Å²) in [7, 11) is 0. The average molecular weight is 229 g/mol. The Morgan fingerprint density at radius 3 is 3.00 bits per heavy atom. The normalized spacial score (nSPS) is 18.3. The van der Waals surface area contributed by atoms with Crippen LogP contribution >= 0.6 is 11.6 Å². The SMILES string of the molecule is Fc1cccnc1NCC(Cl)C1CCC1. The van der Waals surface area contributed by atoms with Gasteiger partial charge in [0.1, 0.15) is 0 Å². The first-order valence-corrected chi connectivity index (χ1v) is 5.69. The molecule has 1 aromatic heterocycles. The largest absolute Gasteiger partial charge is 0.366 e. The first-order valence-electron chi connectivity index (χ1n) is 5.26. The lowest BCUT2D eigenvalue weighted by atomic mass is 9.82. The summed E-state index contributed by atoms with van der Waals surface area (Å²) in [4.78, 5) is 3.91. The molecule has 0 bridgehead atoms. The third-order valence-electron chi connectivity index (χ3n) is 2.88. The van der Waals surface area contributed by atoms with E-state index in [4.69, 9.17) is 11.6 Å². The second-order valence-electron chi connectivity index (χ2n) is 3.92. The van der Waals surface area contributed by atoms with Gasteiger partial charge in [-0.15, -0.1) is 11.6 Å². The van der Waals surface area contributed by atoms with Crippen molar-refractivity contribution in [1.82, 2.24) is 4.98 Å². The Bertz CT molecular complexity index is 328. The Kier molecular flexibility index (Phi) is 3.41. The highest BCUT2D eigenvalue weighted by Gasteiger charge is 2.25. The lowest BCUT2D eigenvalue weighted by molar-refractivity contribution is 0.308. The van der Waals surface area contributed by atoms with Crippen LogP contribution in [0.5, 0.6) is 0 Å². The first-order chi connectivity index (χ1) is 7.27. The molecule has 0 spiro atoms. The molecule has 1 aliphatic rings. The quantitative estimate of drug-likeness (QED) is 0.802. The van der Waals surface area contributed by atoms with Crippen molar-refractivity contribution < 1.29 is 4.39 Å². The van der Waals surface area contributed by atoms with Gasteiger partial charge in [0.15, 0.2) is 11.6 Å². The second kappa shape index (κ2) is 4.79. The molecule has 4 heteroatoms. The number of nitrogens with zero attached hydrogens (tertiary/aromatic N) is 1. The molecule has 0 aromatic carbocycles. The van der Waals surface area contributed by atoms with Crippen LogP contribution in [-0.2, 0) is 0 Å². The van der Waals surface area contributed by atoms with Gasteiger partial charge in [0.25, 0.3) is 0 Å². The van der Waals surface area contributed by atoms with E-state index in [9.17, 15) is 4.39 Å². The van der Waals surface area contributed by atoms with Gasteiger partial charge in [-0.2, -0.15) is 0 Å². The van der Waals surface area contributed by atoms with E-state index in [0.29, 0.717) is 18.3 Å². The zero-order valence-electron chi connectivity index (χ0n) is 8.42. The van der Waals surface area contributed by atoms with Crippen molar-refractivity contribution in [3.63, 3.8) is 0 Å². The minimum atomic E-state index is -0.324. The number of hydrogen-bond acceptors (Lipinski definition) is 2. The van der Waals surface area contributed by atoms with E-state index in [0.717, 1.165) is 0 Å². The maximum absolute atomic E-state index is 13.2. The van der Waals surface area contributed by atoms with Crippen molar-refractivity contribution >= 4 is 17.4 Å². The minimum absolute atomic E-state index is 0.0835. The highest BCUT2D eigenvalue weighted by atomic mass is 35.5. The van der Waals surface area contributed by atoms with Crippen LogP contribution in [0.4, 0.5) is 10.2 Å². The van der Waals surface area contributed by atoms with E-state index in [-0.39, 0.29) is 11.2 Å². The molecule has 2 nitrogen and oxygen atoms in total. The molecule has 1 heterocycles. The Morgan fingerprint density at radius 2 is 2.40 bits per heavy atom. The van der Waals surface area contributed by atoms with Crippen molar-refractivity contribution in [2.75, 3.05) is 11.9 Å². The van der Waals surface area contributed by atoms with E-state index < -0.39 is 0 Å². The lowest BCUT2D eigenvalue weighted by Gasteiger charge is -2.29. The van der Waals surface area contributed by atoms with Crippen LogP contribution in [0.25, 0.3) is 0 Å². The maximum Gasteiger partial charge on any atom is 0.165 e. The Hall–Kier alpha value is -0.830. The van der Waals surface area contributed by atoms with Crippen LogP contribution in [0.3, 0.4) is 0 Å². The summed E-state index contributed by atoms with van der Waals surface area (Å²) in [6, 6.07) is 2.96. The number of hydrogen-bond donors (Lipinski definition) is 1. The average Bonchev–Trinajstić information content (AvgIpc) is 2.14. The standard InChI is InChI=1S/C11H14ClFN2/c12-9(8-3-1-4-8)7-15-11-10(13)5-2-6-14-11/h2,5-6,8-9H,1,3-4,7H2,(H,14,15). The number of anilines is 1. The second-order valence-corrected chi connectivity index (χ2v) is 4.48. The van der Waals surface area contributed by atoms with Gasteiger partial charge in [-0.1, -0.05) is 6.42 Å². The molecule has 1 atom stereocenters. The van der Waals surface area contributed by atoms with E-state index in [1.807, 2.05) is 0 Å². The van der Waals surface area contributed by atoms with E-state index in [2.05, 4.69) is 10.3 Å². The van der Waals surface area contributed by atoms with Gasteiger partial charge in [0.2, 0.25) is 0 Å². The topological polar surface area (TPSA) is 24.9 Å². The summed E-state index contributed by atoms with van der Waals surface area (Å²) in [5.74, 6) is 0.559. The predicted octanol–water partition coefficient (Wildman–Crippen LogP) is 3.04. The number of halogens is 2. The van der Waals surface area contributed by atoms with Crippen LogP contribution in [-0.4, -0.2) is 16.9 Å². The van der Waals surface area contributed by atoms with Crippen molar-refractivity contribution in [3.05, 3.63) is 24.1 Å². The molecule has 1 fully saturated rings. The van der Waals surface area contributed by atoms with E-state index in [1.165, 1.54) is 25.3 Å². The van der Waals surface area contributed by atoms with Crippen LogP contribution in [0.2, 0.25) is 0 Å². The zero-order chi connectivity index (χ0) is 10.7. The summed E-state index contributed by atoms with van der Waals surface area (Å²) in [6.45, 7) is 0.583. The molecule has 0 saturated heterocycles. The molecule has 1 aromatic rings. The molecular weight excluding hydrogens is 215 g/mol. The maximum atomic E-state index is 13.2. The minimum Gasteiger partial charge on any atom is -0.366 e. The molecule has 15 heavy (non-hydrogen) atoms. The smallest absolute Gasteiger partial charge is 0.165 e. The number of aromatic nitrogens is 1. The predicted molar refractivity (Wildman–Crippen MR) is 59.7 cm³/mol. The summed E-state index contributed by atoms with van der Waals surface area (Å²) >= 11 is 6.17. The van der Waals surface area contributed by atoms with Crippen LogP contribution in [0.15, 0.2) is 18.3 Å². The van der Waals surface area contributed by atoms with Crippen molar-refractivity contribution in [2.24, 2.45) is 5.92 Å². The fourth-order valence-electron chi connectivity index (χ4n) is 1.68. The van der Waals surface area contributed by atoms with Gasteiger partial charge in [-0.25, -0.2) is 9.37 Å². The lowest BCUT2D eigenvalue weighted by Crippen LogP contribution is -2.28. The van der Waals surface area contributed by atoms with Gasteiger partial charge in [-0.3, -0.25) is 0 Å². The molecule has 0 aliphatic heterocycles. The Balaban J connectivity index is 1.84. The van der Waals surface area contributed by atoms with Crippen LogP contribution in [0.1, 0.15) is 19.3 Å². The van der Waals surface area contributed by atoms with Gasteiger partial charge in [-0.05, 0) is 30.9 Å². The van der Waals surface area contributed by atoms with Crippen LogP contribution < -0.4 is 5.32 Å². The molecule has 1 aliphatic carbocycles. The highest BCUT2D eigenvalue weighted by molar-refractivity contribution is 6.21. The van der Waals surface area contributed by atoms with E-state index in [1.54, 1.807) is 12.3 Å². The number of rotatable bonds is 4. The molecule has 1 N–H and O–H groups in total. The third-order valence-corrected chi connectivity index (χ3v) is 3.39. The Morgan fingerprint density at radius 1 is 1.60 bits per heavy atom. The fraction of sp³-hybridized carbons (Fsp3) is 0.545. The van der Waals surface area contributed by atoms with Crippen molar-refractivity contribution in [2.45, 2.75) is 24.6 Å². The Labute approximate surface area is 93.9 Å². The summed E-state index contributed by atoms with van der Waals surface area (Å²) in [6.07, 6.45) is 5.23. The molecule has 82 valence electrons. The molecule has 0 radical (unpaired) electrons. The zero-order valence-corrected chi connectivity index (χ0v) is 9.17. The monoisotopic (exact) mass is 228 g/mol. The summed E-state index contributed by atoms with van der Waals surface area (Å²) in [5, 5.41) is 3.03. The van der Waals surface area contributed by atoms with Crippen molar-refractivity contribution in [1.29, 1.82) is 0 Å². The van der Waals surface area contributed by atoms with Gasteiger partial charge >= 0.3 is 0 Å². The fourth-order valence-corrected chi connectivity index (χ4v) is 2.01. The molecule has 0 amide bonds. The third kappa shape index (κ3) is 2.59. The van der Waals surface area contributed by atoms with Gasteiger partial charge in [0.05, 0.1) is 5.38 Å².